The molecule has 0 aliphatic carbocycles. The van der Waals surface area contributed by atoms with Gasteiger partial charge in [0.05, 0.1) is 11.9 Å². The summed E-state index contributed by atoms with van der Waals surface area (Å²) in [6.07, 6.45) is 3.61. The van der Waals surface area contributed by atoms with E-state index in [2.05, 4.69) is 25.8 Å². The number of rotatable bonds is 4. The highest BCUT2D eigenvalue weighted by Crippen LogP contribution is 2.20. The van der Waals surface area contributed by atoms with Crippen molar-refractivity contribution in [3.05, 3.63) is 47.5 Å². The molecular weight excluding hydrogens is 318 g/mol. The number of anilines is 1. The lowest BCUT2D eigenvalue weighted by Gasteiger charge is -2.08. The van der Waals surface area contributed by atoms with Gasteiger partial charge in [-0.2, -0.15) is 10.2 Å². The Balaban J connectivity index is 1.64. The van der Waals surface area contributed by atoms with E-state index < -0.39 is 0 Å². The molecule has 0 aliphatic heterocycles. The van der Waals surface area contributed by atoms with E-state index in [0.717, 1.165) is 28.2 Å². The Morgan fingerprint density at radius 1 is 1.16 bits per heavy atom. The minimum absolute atomic E-state index is 0.284. The van der Waals surface area contributed by atoms with Crippen molar-refractivity contribution in [3.63, 3.8) is 0 Å². The summed E-state index contributed by atoms with van der Waals surface area (Å²) in [7, 11) is 3.63. The second-order valence-electron chi connectivity index (χ2n) is 6.01. The third kappa shape index (κ3) is 4.03. The summed E-state index contributed by atoms with van der Waals surface area (Å²) in [5.74, 6) is 0.610. The molecule has 8 nitrogen and oxygen atoms in total. The standard InChI is InChI=1S/C17H21N7O/c1-11-5-13(6-12(2)20-11)8-18-17(25)21-16-7-15(22-24(16)4)14-9-19-23(3)10-14/h5-7,9-10H,8H2,1-4H3,(H2,18,21,25). The van der Waals surface area contributed by atoms with E-state index in [1.165, 1.54) is 0 Å². The van der Waals surface area contributed by atoms with Crippen molar-refractivity contribution in [2.45, 2.75) is 20.4 Å². The van der Waals surface area contributed by atoms with Crippen molar-refractivity contribution in [3.8, 4) is 11.3 Å². The number of urea groups is 1. The molecule has 3 aromatic heterocycles. The molecule has 2 amide bonds. The first-order valence-corrected chi connectivity index (χ1v) is 7.93. The minimum Gasteiger partial charge on any atom is -0.334 e. The molecule has 0 saturated carbocycles. The van der Waals surface area contributed by atoms with E-state index >= 15 is 0 Å². The molecular formula is C17H21N7O. The van der Waals surface area contributed by atoms with Crippen LogP contribution in [-0.4, -0.2) is 30.6 Å². The molecule has 0 radical (unpaired) electrons. The number of aryl methyl sites for hydroxylation is 4. The molecule has 0 atom stereocenters. The first-order valence-electron chi connectivity index (χ1n) is 7.93. The van der Waals surface area contributed by atoms with Gasteiger partial charge in [-0.1, -0.05) is 0 Å². The molecule has 3 aromatic rings. The van der Waals surface area contributed by atoms with Gasteiger partial charge in [0.25, 0.3) is 0 Å². The lowest BCUT2D eigenvalue weighted by atomic mass is 10.2. The minimum atomic E-state index is -0.284. The summed E-state index contributed by atoms with van der Waals surface area (Å²) in [5.41, 5.74) is 4.54. The third-order valence-corrected chi connectivity index (χ3v) is 3.72. The van der Waals surface area contributed by atoms with Crippen LogP contribution in [-0.2, 0) is 20.6 Å². The number of hydrogen-bond acceptors (Lipinski definition) is 4. The summed E-state index contributed by atoms with van der Waals surface area (Å²) < 4.78 is 3.34. The fraction of sp³-hybridized carbons (Fsp3) is 0.294. The third-order valence-electron chi connectivity index (χ3n) is 3.72. The van der Waals surface area contributed by atoms with Crippen molar-refractivity contribution >= 4 is 11.8 Å². The number of aromatic nitrogens is 5. The SMILES string of the molecule is Cc1cc(CNC(=O)Nc2cc(-c3cnn(C)c3)nn2C)cc(C)n1. The maximum atomic E-state index is 12.2. The van der Waals surface area contributed by atoms with E-state index in [1.807, 2.05) is 45.3 Å². The molecule has 3 rings (SSSR count). The maximum absolute atomic E-state index is 12.2. The molecule has 0 saturated heterocycles. The molecule has 25 heavy (non-hydrogen) atoms. The van der Waals surface area contributed by atoms with Crippen LogP contribution in [0.5, 0.6) is 0 Å². The highest BCUT2D eigenvalue weighted by Gasteiger charge is 2.11. The summed E-state index contributed by atoms with van der Waals surface area (Å²) >= 11 is 0. The molecule has 0 fully saturated rings. The Labute approximate surface area is 145 Å². The van der Waals surface area contributed by atoms with Crippen molar-refractivity contribution in [2.24, 2.45) is 14.1 Å². The molecule has 130 valence electrons. The van der Waals surface area contributed by atoms with Crippen molar-refractivity contribution in [1.29, 1.82) is 0 Å². The van der Waals surface area contributed by atoms with Crippen LogP contribution in [0.3, 0.4) is 0 Å². The average molecular weight is 339 g/mol. The number of amides is 2. The molecule has 0 aliphatic rings. The number of hydrogen-bond donors (Lipinski definition) is 2. The quantitative estimate of drug-likeness (QED) is 0.762. The molecule has 3 heterocycles. The van der Waals surface area contributed by atoms with Gasteiger partial charge >= 0.3 is 6.03 Å². The Morgan fingerprint density at radius 3 is 2.52 bits per heavy atom. The Kier molecular flexibility index (Phi) is 4.51. The first kappa shape index (κ1) is 16.7. The van der Waals surface area contributed by atoms with Gasteiger partial charge < -0.3 is 5.32 Å². The largest absolute Gasteiger partial charge is 0.334 e. The second-order valence-corrected chi connectivity index (χ2v) is 6.01. The number of pyridine rings is 1. The maximum Gasteiger partial charge on any atom is 0.320 e. The van der Waals surface area contributed by atoms with Crippen LogP contribution >= 0.6 is 0 Å². The molecule has 0 bridgehead atoms. The topological polar surface area (TPSA) is 89.7 Å². The fourth-order valence-corrected chi connectivity index (χ4v) is 2.64. The lowest BCUT2D eigenvalue weighted by Crippen LogP contribution is -2.29. The number of nitrogens with one attached hydrogen (secondary N) is 2. The van der Waals surface area contributed by atoms with Crippen LogP contribution in [0.25, 0.3) is 11.3 Å². The molecule has 0 unspecified atom stereocenters. The van der Waals surface area contributed by atoms with Gasteiger partial charge in [-0.05, 0) is 31.5 Å². The number of carbonyl (C=O) groups is 1. The van der Waals surface area contributed by atoms with E-state index in [0.29, 0.717) is 12.4 Å². The van der Waals surface area contributed by atoms with Crippen LogP contribution < -0.4 is 10.6 Å². The molecule has 0 spiro atoms. The zero-order chi connectivity index (χ0) is 18.0. The average Bonchev–Trinajstić information content (AvgIpc) is 3.11. The number of nitrogens with zero attached hydrogens (tertiary/aromatic N) is 5. The van der Waals surface area contributed by atoms with E-state index in [9.17, 15) is 4.79 Å². The summed E-state index contributed by atoms with van der Waals surface area (Å²) in [6, 6.07) is 5.44. The zero-order valence-electron chi connectivity index (χ0n) is 14.7. The normalized spacial score (nSPS) is 10.7. The van der Waals surface area contributed by atoms with Crippen LogP contribution in [0.4, 0.5) is 10.6 Å². The summed E-state index contributed by atoms with van der Waals surface area (Å²) in [6.45, 7) is 4.31. The monoisotopic (exact) mass is 339 g/mol. The lowest BCUT2D eigenvalue weighted by molar-refractivity contribution is 0.251. The van der Waals surface area contributed by atoms with Crippen molar-refractivity contribution < 1.29 is 4.79 Å². The smallest absolute Gasteiger partial charge is 0.320 e. The van der Waals surface area contributed by atoms with Crippen LogP contribution in [0.2, 0.25) is 0 Å². The predicted octanol–water partition coefficient (Wildman–Crippen LogP) is 2.15. The van der Waals surface area contributed by atoms with Gasteiger partial charge in [-0.3, -0.25) is 19.7 Å². The van der Waals surface area contributed by atoms with Gasteiger partial charge in [0.1, 0.15) is 5.82 Å². The highest BCUT2D eigenvalue weighted by atomic mass is 16.2. The van der Waals surface area contributed by atoms with Gasteiger partial charge in [-0.25, -0.2) is 4.79 Å². The molecule has 8 heteroatoms. The van der Waals surface area contributed by atoms with E-state index in [4.69, 9.17) is 0 Å². The zero-order valence-corrected chi connectivity index (χ0v) is 14.7. The fourth-order valence-electron chi connectivity index (χ4n) is 2.64. The molecule has 0 aromatic carbocycles. The van der Waals surface area contributed by atoms with Crippen molar-refractivity contribution in [1.82, 2.24) is 29.9 Å². The van der Waals surface area contributed by atoms with Crippen molar-refractivity contribution in [2.75, 3.05) is 5.32 Å². The van der Waals surface area contributed by atoms with E-state index in [-0.39, 0.29) is 6.03 Å². The van der Waals surface area contributed by atoms with Crippen LogP contribution in [0.15, 0.2) is 30.6 Å². The van der Waals surface area contributed by atoms with Gasteiger partial charge in [0.15, 0.2) is 0 Å². The van der Waals surface area contributed by atoms with Crippen LogP contribution in [0.1, 0.15) is 17.0 Å². The van der Waals surface area contributed by atoms with E-state index in [1.54, 1.807) is 22.6 Å². The van der Waals surface area contributed by atoms with Gasteiger partial charge in [0.2, 0.25) is 0 Å². The predicted molar refractivity (Wildman–Crippen MR) is 95.0 cm³/mol. The Morgan fingerprint density at radius 2 is 1.88 bits per heavy atom. The Bertz CT molecular complexity index is 889. The number of carbonyl (C=O) groups excluding carboxylic acids is 1. The Hall–Kier alpha value is -3.16. The van der Waals surface area contributed by atoms with Gasteiger partial charge in [0, 0.05) is 49.9 Å². The molecule has 2 N–H and O–H groups in total. The van der Waals surface area contributed by atoms with Crippen LogP contribution in [0, 0.1) is 13.8 Å². The second kappa shape index (κ2) is 6.76. The first-order chi connectivity index (χ1) is 11.9. The van der Waals surface area contributed by atoms with Gasteiger partial charge in [-0.15, -0.1) is 0 Å². The summed E-state index contributed by atoms with van der Waals surface area (Å²) in [4.78, 5) is 16.5. The summed E-state index contributed by atoms with van der Waals surface area (Å²) in [5, 5.41) is 14.2. The highest BCUT2D eigenvalue weighted by molar-refractivity contribution is 5.89.